The number of carbonyl (C=O) groups excluding carboxylic acids is 2. The molecule has 7 nitrogen and oxygen atoms in total. The van der Waals surface area contributed by atoms with E-state index in [1.54, 1.807) is 41.0 Å². The van der Waals surface area contributed by atoms with Gasteiger partial charge >= 0.3 is 6.03 Å². The number of aromatic amines is 1. The van der Waals surface area contributed by atoms with Crippen molar-refractivity contribution in [3.05, 3.63) is 64.3 Å². The van der Waals surface area contributed by atoms with Crippen molar-refractivity contribution >= 4 is 34.4 Å². The van der Waals surface area contributed by atoms with Gasteiger partial charge < -0.3 is 10.1 Å². The number of H-pyrrole nitrogens is 1. The number of halogens is 3. The fourth-order valence-electron chi connectivity index (χ4n) is 5.96. The molecule has 3 aliphatic heterocycles. The number of likely N-dealkylation sites (tertiary alicyclic amines) is 1. The zero-order valence-corrected chi connectivity index (χ0v) is 20.4. The number of carbonyl (C=O) groups is 2. The van der Waals surface area contributed by atoms with Gasteiger partial charge in [0, 0.05) is 54.1 Å². The van der Waals surface area contributed by atoms with Crippen LogP contribution >= 0.6 is 11.6 Å². The third-order valence-corrected chi connectivity index (χ3v) is 7.94. The van der Waals surface area contributed by atoms with Crippen molar-refractivity contribution in [1.82, 2.24) is 19.7 Å². The van der Waals surface area contributed by atoms with E-state index in [0.29, 0.717) is 10.6 Å². The zero-order valence-electron chi connectivity index (χ0n) is 19.6. The molecule has 188 valence electrons. The molecule has 3 amide bonds. The molecular formula is C26H25ClF2N4O3. The van der Waals surface area contributed by atoms with Crippen LogP contribution in [-0.4, -0.2) is 74.4 Å². The molecule has 0 saturated carbocycles. The van der Waals surface area contributed by atoms with Gasteiger partial charge in [0.1, 0.15) is 17.3 Å². The number of fused-ring (bicyclic) bond motifs is 4. The second-order valence-electron chi connectivity index (χ2n) is 10.1. The highest BCUT2D eigenvalue weighted by Gasteiger charge is 2.60. The van der Waals surface area contributed by atoms with Crippen LogP contribution in [0.4, 0.5) is 13.6 Å². The second-order valence-corrected chi connectivity index (χ2v) is 10.6. The summed E-state index contributed by atoms with van der Waals surface area (Å²) in [7, 11) is 0. The minimum absolute atomic E-state index is 0.0348. The summed E-state index contributed by atoms with van der Waals surface area (Å²) in [6.07, 6.45) is 0.0590. The Bertz CT molecular complexity index is 1410. The Kier molecular flexibility index (Phi) is 5.11. The summed E-state index contributed by atoms with van der Waals surface area (Å²) in [5, 5.41) is 11.7. The molecule has 0 aliphatic carbocycles. The van der Waals surface area contributed by atoms with E-state index in [1.807, 2.05) is 18.2 Å². The number of phenolic OH excluding ortho intramolecular Hbond substituents is 1. The Morgan fingerprint density at radius 1 is 1.17 bits per heavy atom. The quantitative estimate of drug-likeness (QED) is 0.501. The molecule has 2 N–H and O–H groups in total. The first-order valence-electron chi connectivity index (χ1n) is 11.9. The van der Waals surface area contributed by atoms with E-state index in [0.717, 1.165) is 22.2 Å². The number of urea groups is 1. The van der Waals surface area contributed by atoms with Crippen LogP contribution in [0.1, 0.15) is 36.2 Å². The summed E-state index contributed by atoms with van der Waals surface area (Å²) in [6, 6.07) is 11.0. The summed E-state index contributed by atoms with van der Waals surface area (Å²) < 4.78 is 27.3. The van der Waals surface area contributed by atoms with Crippen LogP contribution in [0.5, 0.6) is 5.75 Å². The number of nitrogens with zero attached hydrogens (tertiary/aromatic N) is 3. The van der Waals surface area contributed by atoms with E-state index >= 15 is 0 Å². The van der Waals surface area contributed by atoms with Gasteiger partial charge in [0.05, 0.1) is 6.54 Å². The molecule has 10 heteroatoms. The normalized spacial score (nSPS) is 25.6. The van der Waals surface area contributed by atoms with E-state index in [9.17, 15) is 23.5 Å². The van der Waals surface area contributed by atoms with E-state index in [1.165, 1.54) is 4.90 Å². The first-order chi connectivity index (χ1) is 17.1. The van der Waals surface area contributed by atoms with Crippen LogP contribution in [0.15, 0.2) is 42.5 Å². The van der Waals surface area contributed by atoms with E-state index in [4.69, 9.17) is 11.6 Å². The first kappa shape index (κ1) is 23.2. The highest BCUT2D eigenvalue weighted by molar-refractivity contribution is 6.31. The van der Waals surface area contributed by atoms with Crippen LogP contribution in [0.3, 0.4) is 0 Å². The lowest BCUT2D eigenvalue weighted by atomic mass is 9.81. The average Bonchev–Trinajstić information content (AvgIpc) is 3.41. The molecule has 4 heterocycles. The number of rotatable bonds is 4. The minimum Gasteiger partial charge on any atom is -0.508 e. The summed E-state index contributed by atoms with van der Waals surface area (Å²) >= 11 is 6.29. The number of aromatic hydroxyl groups is 1. The van der Waals surface area contributed by atoms with E-state index in [2.05, 4.69) is 4.98 Å². The van der Waals surface area contributed by atoms with Gasteiger partial charge in [-0.2, -0.15) is 0 Å². The van der Waals surface area contributed by atoms with Crippen molar-refractivity contribution < 1.29 is 23.5 Å². The van der Waals surface area contributed by atoms with Crippen LogP contribution < -0.4 is 0 Å². The van der Waals surface area contributed by atoms with Gasteiger partial charge in [-0.3, -0.25) is 19.5 Å². The molecule has 2 atom stereocenters. The summed E-state index contributed by atoms with van der Waals surface area (Å²) in [4.78, 5) is 35.4. The molecule has 0 spiro atoms. The lowest BCUT2D eigenvalue weighted by Gasteiger charge is -2.42. The number of hydrogen-bond donors (Lipinski definition) is 2. The van der Waals surface area contributed by atoms with Gasteiger partial charge in [-0.15, -0.1) is 0 Å². The van der Waals surface area contributed by atoms with Gasteiger partial charge in [0.2, 0.25) is 0 Å². The number of aromatic nitrogens is 1. The van der Waals surface area contributed by atoms with Crippen molar-refractivity contribution in [1.29, 1.82) is 0 Å². The third-order valence-electron chi connectivity index (χ3n) is 7.70. The zero-order chi connectivity index (χ0) is 25.4. The summed E-state index contributed by atoms with van der Waals surface area (Å²) in [5.74, 6) is -3.05. The van der Waals surface area contributed by atoms with E-state index < -0.39 is 23.5 Å². The molecule has 0 radical (unpaired) electrons. The Labute approximate surface area is 211 Å². The standard InChI is InChI=1S/C26H25ClF2N4O3/c1-25-13-19-18-12-16(27)5-6-20(18)30-21(19)22(15-3-2-4-17(34)11-15)33(25)24(36)32(23(25)35)10-9-31-8-7-26(28,29)14-31/h2-6,11-12,22,30,34H,7-10,13-14H2,1H3. The predicted molar refractivity (Wildman–Crippen MR) is 130 cm³/mol. The molecule has 2 saturated heterocycles. The number of phenols is 1. The van der Waals surface area contributed by atoms with E-state index in [-0.39, 0.29) is 50.7 Å². The van der Waals surface area contributed by atoms with Crippen molar-refractivity contribution in [3.63, 3.8) is 0 Å². The Hall–Kier alpha value is -3.17. The molecule has 36 heavy (non-hydrogen) atoms. The molecule has 0 bridgehead atoms. The number of amides is 3. The number of hydrogen-bond acceptors (Lipinski definition) is 4. The van der Waals surface area contributed by atoms with Crippen molar-refractivity contribution in [3.8, 4) is 5.75 Å². The number of nitrogens with one attached hydrogen (secondary N) is 1. The maximum absolute atomic E-state index is 13.8. The largest absolute Gasteiger partial charge is 0.508 e. The Morgan fingerprint density at radius 3 is 2.69 bits per heavy atom. The highest BCUT2D eigenvalue weighted by atomic mass is 35.5. The number of benzene rings is 2. The van der Waals surface area contributed by atoms with Crippen molar-refractivity contribution in [2.75, 3.05) is 26.2 Å². The maximum Gasteiger partial charge on any atom is 0.328 e. The van der Waals surface area contributed by atoms with Crippen LogP contribution in [0, 0.1) is 0 Å². The van der Waals surface area contributed by atoms with Crippen LogP contribution in [-0.2, 0) is 11.2 Å². The monoisotopic (exact) mass is 514 g/mol. The third kappa shape index (κ3) is 3.48. The molecule has 1 aromatic heterocycles. The topological polar surface area (TPSA) is 79.9 Å². The molecule has 3 aromatic rings. The molecular weight excluding hydrogens is 490 g/mol. The smallest absolute Gasteiger partial charge is 0.328 e. The first-order valence-corrected chi connectivity index (χ1v) is 12.3. The molecule has 2 fully saturated rings. The Balaban J connectivity index is 1.42. The second kappa shape index (κ2) is 7.91. The number of imide groups is 1. The van der Waals surface area contributed by atoms with Crippen molar-refractivity contribution in [2.24, 2.45) is 0 Å². The lowest BCUT2D eigenvalue weighted by molar-refractivity contribution is -0.133. The van der Waals surface area contributed by atoms with Crippen LogP contribution in [0.2, 0.25) is 5.02 Å². The van der Waals surface area contributed by atoms with Gasteiger partial charge in [-0.1, -0.05) is 23.7 Å². The molecule has 2 unspecified atom stereocenters. The molecule has 2 aromatic carbocycles. The lowest BCUT2D eigenvalue weighted by Crippen LogP contribution is -2.53. The maximum atomic E-state index is 13.8. The van der Waals surface area contributed by atoms with Gasteiger partial charge in [0.25, 0.3) is 11.8 Å². The minimum atomic E-state index is -2.74. The molecule has 3 aliphatic rings. The predicted octanol–water partition coefficient (Wildman–Crippen LogP) is 4.54. The summed E-state index contributed by atoms with van der Waals surface area (Å²) in [5.41, 5.74) is 1.96. The van der Waals surface area contributed by atoms with Crippen molar-refractivity contribution in [2.45, 2.75) is 37.3 Å². The summed E-state index contributed by atoms with van der Waals surface area (Å²) in [6.45, 7) is 1.84. The molecule has 6 rings (SSSR count). The van der Waals surface area contributed by atoms with Gasteiger partial charge in [-0.05, 0) is 48.4 Å². The SMILES string of the molecule is CC12Cc3c([nH]c4ccc(Cl)cc34)C(c3cccc(O)c3)N1C(=O)N(CCN1CCC(F)(F)C1)C2=O. The van der Waals surface area contributed by atoms with Gasteiger partial charge in [-0.25, -0.2) is 13.6 Å². The van der Waals surface area contributed by atoms with Crippen LogP contribution in [0.25, 0.3) is 10.9 Å². The average molecular weight is 515 g/mol. The fraction of sp³-hybridized carbons (Fsp3) is 0.385. The fourth-order valence-corrected chi connectivity index (χ4v) is 6.14. The van der Waals surface area contributed by atoms with Gasteiger partial charge in [0.15, 0.2) is 0 Å². The highest BCUT2D eigenvalue weighted by Crippen LogP contribution is 2.49. The number of alkyl halides is 2. The Morgan fingerprint density at radius 2 is 1.97 bits per heavy atom.